The fraction of sp³-hybridized carbons (Fsp3) is 0.417. The number of pyridine rings is 1. The van der Waals surface area contributed by atoms with Gasteiger partial charge in [0.15, 0.2) is 0 Å². The van der Waals surface area contributed by atoms with Crippen LogP contribution in [0.3, 0.4) is 0 Å². The van der Waals surface area contributed by atoms with Crippen LogP contribution in [0.25, 0.3) is 0 Å². The monoisotopic (exact) mass is 251 g/mol. The normalized spacial score (nSPS) is 9.65. The number of carbonyl (C=O) groups is 1. The van der Waals surface area contributed by atoms with Crippen molar-refractivity contribution in [3.8, 4) is 6.07 Å². The summed E-state index contributed by atoms with van der Waals surface area (Å²) in [4.78, 5) is 17.4. The van der Waals surface area contributed by atoms with E-state index in [1.807, 2.05) is 18.2 Å². The van der Waals surface area contributed by atoms with E-state index in [-0.39, 0.29) is 5.91 Å². The molecule has 1 amide bonds. The summed E-state index contributed by atoms with van der Waals surface area (Å²) in [6.45, 7) is 0.909. The summed E-state index contributed by atoms with van der Waals surface area (Å²) in [6.07, 6.45) is 4.03. The van der Waals surface area contributed by atoms with Crippen LogP contribution in [0.2, 0.25) is 0 Å². The molecule has 0 unspecified atom stereocenters. The quantitative estimate of drug-likeness (QED) is 0.726. The van der Waals surface area contributed by atoms with Crippen molar-refractivity contribution in [2.45, 2.75) is 19.4 Å². The molecule has 1 heterocycles. The lowest BCUT2D eigenvalue weighted by Crippen LogP contribution is -2.31. The first kappa shape index (κ1) is 13.5. The molecule has 0 N–H and O–H groups in total. The number of aromatic nitrogens is 1. The minimum absolute atomic E-state index is 0.0286. The van der Waals surface area contributed by atoms with Gasteiger partial charge in [0.05, 0.1) is 12.5 Å². The number of hydrogen-bond donors (Lipinski definition) is 0. The maximum Gasteiger partial charge on any atom is 0.224 e. The fourth-order valence-corrected chi connectivity index (χ4v) is 1.59. The fourth-order valence-electron chi connectivity index (χ4n) is 1.43. The van der Waals surface area contributed by atoms with Gasteiger partial charge in [-0.15, -0.1) is 11.6 Å². The van der Waals surface area contributed by atoms with Gasteiger partial charge in [0.2, 0.25) is 5.91 Å². The Morgan fingerprint density at radius 3 is 3.00 bits per heavy atom. The number of nitriles is 1. The molecule has 1 aromatic heterocycles. The van der Waals surface area contributed by atoms with Crippen LogP contribution in [0.1, 0.15) is 18.4 Å². The summed E-state index contributed by atoms with van der Waals surface area (Å²) in [7, 11) is 0. The van der Waals surface area contributed by atoms with Crippen molar-refractivity contribution >= 4 is 17.5 Å². The maximum absolute atomic E-state index is 11.8. The van der Waals surface area contributed by atoms with E-state index in [9.17, 15) is 4.79 Å². The second-order valence-corrected chi connectivity index (χ2v) is 3.90. The number of alkyl halides is 1. The first-order valence-electron chi connectivity index (χ1n) is 5.37. The molecular formula is C12H14ClN3O. The van der Waals surface area contributed by atoms with Gasteiger partial charge in [0.1, 0.15) is 0 Å². The van der Waals surface area contributed by atoms with E-state index < -0.39 is 0 Å². The predicted octanol–water partition coefficient (Wildman–Crippen LogP) is 1.95. The molecule has 0 saturated heterocycles. The Hall–Kier alpha value is -1.60. The Morgan fingerprint density at radius 1 is 1.59 bits per heavy atom. The zero-order valence-electron chi connectivity index (χ0n) is 9.47. The molecule has 1 aromatic rings. The van der Waals surface area contributed by atoms with E-state index in [0.717, 1.165) is 5.56 Å². The average Bonchev–Trinajstić information content (AvgIpc) is 2.36. The molecule has 0 atom stereocenters. The molecule has 4 nitrogen and oxygen atoms in total. The van der Waals surface area contributed by atoms with Crippen molar-refractivity contribution in [2.24, 2.45) is 0 Å². The lowest BCUT2D eigenvalue weighted by molar-refractivity contribution is -0.131. The second-order valence-electron chi connectivity index (χ2n) is 3.52. The van der Waals surface area contributed by atoms with Gasteiger partial charge >= 0.3 is 0 Å². The van der Waals surface area contributed by atoms with Gasteiger partial charge in [-0.2, -0.15) is 5.26 Å². The first-order valence-corrected chi connectivity index (χ1v) is 5.91. The third-order valence-electron chi connectivity index (χ3n) is 2.25. The first-order chi connectivity index (χ1) is 8.27. The SMILES string of the molecule is N#CCCN(Cc1cccnc1)C(=O)CCCl. The molecule has 0 radical (unpaired) electrons. The smallest absolute Gasteiger partial charge is 0.224 e. The molecule has 0 aromatic carbocycles. The summed E-state index contributed by atoms with van der Waals surface area (Å²) in [5.74, 6) is 0.272. The third kappa shape index (κ3) is 4.83. The summed E-state index contributed by atoms with van der Waals surface area (Å²) in [6, 6.07) is 5.76. The highest BCUT2D eigenvalue weighted by Gasteiger charge is 2.12. The van der Waals surface area contributed by atoms with Crippen LogP contribution < -0.4 is 0 Å². The summed E-state index contributed by atoms with van der Waals surface area (Å²) in [5.41, 5.74) is 0.952. The Morgan fingerprint density at radius 2 is 2.41 bits per heavy atom. The molecule has 1 rings (SSSR count). The Kier molecular flexibility index (Phi) is 6.05. The second kappa shape index (κ2) is 7.64. The minimum Gasteiger partial charge on any atom is -0.337 e. The van der Waals surface area contributed by atoms with Gasteiger partial charge in [0.25, 0.3) is 0 Å². The van der Waals surface area contributed by atoms with Crippen molar-refractivity contribution in [3.63, 3.8) is 0 Å². The van der Waals surface area contributed by atoms with Gasteiger partial charge in [-0.05, 0) is 11.6 Å². The van der Waals surface area contributed by atoms with Crippen LogP contribution in [-0.2, 0) is 11.3 Å². The lowest BCUT2D eigenvalue weighted by atomic mass is 10.2. The number of rotatable bonds is 6. The highest BCUT2D eigenvalue weighted by molar-refractivity contribution is 6.18. The highest BCUT2D eigenvalue weighted by Crippen LogP contribution is 2.06. The zero-order chi connectivity index (χ0) is 12.5. The van der Waals surface area contributed by atoms with Crippen molar-refractivity contribution in [2.75, 3.05) is 12.4 Å². The molecule has 0 bridgehead atoms. The Bertz CT molecular complexity index is 388. The van der Waals surface area contributed by atoms with Gasteiger partial charge in [-0.25, -0.2) is 0 Å². The van der Waals surface area contributed by atoms with Gasteiger partial charge < -0.3 is 4.90 Å². The van der Waals surface area contributed by atoms with Crippen molar-refractivity contribution in [1.29, 1.82) is 5.26 Å². The number of halogens is 1. The number of hydrogen-bond acceptors (Lipinski definition) is 3. The largest absolute Gasteiger partial charge is 0.337 e. The number of carbonyl (C=O) groups excluding carboxylic acids is 1. The van der Waals surface area contributed by atoms with Crippen LogP contribution >= 0.6 is 11.6 Å². The Balaban J connectivity index is 2.63. The van der Waals surface area contributed by atoms with E-state index in [1.165, 1.54) is 0 Å². The molecule has 0 aliphatic heterocycles. The van der Waals surface area contributed by atoms with Crippen molar-refractivity contribution in [1.82, 2.24) is 9.88 Å². The van der Waals surface area contributed by atoms with Crippen LogP contribution in [-0.4, -0.2) is 28.2 Å². The lowest BCUT2D eigenvalue weighted by Gasteiger charge is -2.21. The van der Waals surface area contributed by atoms with Crippen LogP contribution in [0.4, 0.5) is 0 Å². The molecule has 17 heavy (non-hydrogen) atoms. The molecular weight excluding hydrogens is 238 g/mol. The molecule has 0 spiro atoms. The summed E-state index contributed by atoms with van der Waals surface area (Å²) in [5, 5.41) is 8.57. The highest BCUT2D eigenvalue weighted by atomic mass is 35.5. The Labute approximate surface area is 106 Å². The molecule has 0 saturated carbocycles. The average molecular weight is 252 g/mol. The maximum atomic E-state index is 11.8. The van der Waals surface area contributed by atoms with Crippen molar-refractivity contribution in [3.05, 3.63) is 30.1 Å². The number of nitrogens with zero attached hydrogens (tertiary/aromatic N) is 3. The van der Waals surface area contributed by atoms with Crippen molar-refractivity contribution < 1.29 is 4.79 Å². The van der Waals surface area contributed by atoms with E-state index in [4.69, 9.17) is 16.9 Å². The zero-order valence-corrected chi connectivity index (χ0v) is 10.2. The molecule has 5 heteroatoms. The minimum atomic E-state index is -0.0286. The summed E-state index contributed by atoms with van der Waals surface area (Å²) >= 11 is 5.55. The van der Waals surface area contributed by atoms with Gasteiger partial charge in [-0.3, -0.25) is 9.78 Å². The van der Waals surface area contributed by atoms with Gasteiger partial charge in [-0.1, -0.05) is 6.07 Å². The number of amides is 1. The standard InChI is InChI=1S/C12H14ClN3O/c13-5-4-12(17)16(8-2-6-14)10-11-3-1-7-15-9-11/h1,3,7,9H,2,4-5,8,10H2. The molecule has 0 aliphatic carbocycles. The van der Waals surface area contributed by atoms with Gasteiger partial charge in [0, 0.05) is 37.8 Å². The van der Waals surface area contributed by atoms with E-state index in [2.05, 4.69) is 4.98 Å². The summed E-state index contributed by atoms with van der Waals surface area (Å²) < 4.78 is 0. The van der Waals surface area contributed by atoms with E-state index in [0.29, 0.717) is 31.8 Å². The predicted molar refractivity (Wildman–Crippen MR) is 65.2 cm³/mol. The van der Waals surface area contributed by atoms with Crippen LogP contribution in [0.15, 0.2) is 24.5 Å². The van der Waals surface area contributed by atoms with E-state index >= 15 is 0 Å². The van der Waals surface area contributed by atoms with Crippen LogP contribution in [0.5, 0.6) is 0 Å². The van der Waals surface area contributed by atoms with E-state index in [1.54, 1.807) is 17.3 Å². The van der Waals surface area contributed by atoms with Crippen LogP contribution in [0, 0.1) is 11.3 Å². The third-order valence-corrected chi connectivity index (χ3v) is 2.44. The molecule has 0 fully saturated rings. The topological polar surface area (TPSA) is 57.0 Å². The molecule has 0 aliphatic rings. The molecule has 90 valence electrons.